The van der Waals surface area contributed by atoms with Crippen molar-refractivity contribution in [1.29, 1.82) is 0 Å². The van der Waals surface area contributed by atoms with E-state index in [2.05, 4.69) is 12.2 Å². The largest absolute Gasteiger partial charge is 0.481 e. The summed E-state index contributed by atoms with van der Waals surface area (Å²) in [6, 6.07) is 0. The minimum Gasteiger partial charge on any atom is -0.481 e. The highest BCUT2D eigenvalue weighted by Crippen LogP contribution is 2.48. The van der Waals surface area contributed by atoms with Gasteiger partial charge in [0.1, 0.15) is 0 Å². The van der Waals surface area contributed by atoms with Gasteiger partial charge in [0, 0.05) is 6.54 Å². The molecule has 0 aromatic rings. The van der Waals surface area contributed by atoms with Gasteiger partial charge in [0.25, 0.3) is 0 Å². The number of unbranched alkanes of at least 4 members (excludes halogenated alkanes) is 2. The zero-order valence-electron chi connectivity index (χ0n) is 10.8. The van der Waals surface area contributed by atoms with E-state index in [9.17, 15) is 14.7 Å². The number of allylic oxidation sites excluding steroid dienone is 2. The number of carbonyl (C=O) groups is 2. The number of carbonyl (C=O) groups excluding carboxylic acids is 1. The molecule has 4 atom stereocenters. The molecular weight excluding hydrogens is 230 g/mol. The number of carboxylic acid groups (broad SMARTS) is 1. The molecule has 2 aliphatic rings. The third-order valence-electron chi connectivity index (χ3n) is 4.13. The molecule has 0 spiro atoms. The van der Waals surface area contributed by atoms with Crippen LogP contribution in [0.3, 0.4) is 0 Å². The van der Waals surface area contributed by atoms with Crippen molar-refractivity contribution in [3.05, 3.63) is 12.2 Å². The Hall–Kier alpha value is -1.32. The first-order chi connectivity index (χ1) is 8.65. The highest BCUT2D eigenvalue weighted by Gasteiger charge is 2.51. The maximum absolute atomic E-state index is 12.1. The van der Waals surface area contributed by atoms with E-state index >= 15 is 0 Å². The standard InChI is InChI=1S/C14H21NO3/c1-2-3-4-7-15-13(16)11-9-5-6-10(8-9)12(11)14(17)18/h5-6,9-12H,2-4,7-8H2,1H3,(H,15,16)(H,17,18)/t9?,10?,11-,12+/m0/s1. The maximum Gasteiger partial charge on any atom is 0.307 e. The molecule has 0 saturated heterocycles. The zero-order valence-corrected chi connectivity index (χ0v) is 10.8. The van der Waals surface area contributed by atoms with Crippen LogP contribution in [0.5, 0.6) is 0 Å². The second-order valence-electron chi connectivity index (χ2n) is 5.34. The van der Waals surface area contributed by atoms with Gasteiger partial charge in [-0.3, -0.25) is 9.59 Å². The summed E-state index contributed by atoms with van der Waals surface area (Å²) in [6.45, 7) is 2.78. The lowest BCUT2D eigenvalue weighted by Gasteiger charge is -2.23. The normalized spacial score (nSPS) is 32.7. The number of amides is 1. The number of rotatable bonds is 6. The highest BCUT2D eigenvalue weighted by molar-refractivity contribution is 5.86. The quantitative estimate of drug-likeness (QED) is 0.559. The first-order valence-corrected chi connectivity index (χ1v) is 6.84. The molecule has 4 heteroatoms. The Balaban J connectivity index is 1.92. The number of hydrogen-bond donors (Lipinski definition) is 2. The molecule has 100 valence electrons. The van der Waals surface area contributed by atoms with Crippen LogP contribution in [0.25, 0.3) is 0 Å². The fourth-order valence-electron chi connectivity index (χ4n) is 3.22. The van der Waals surface area contributed by atoms with Gasteiger partial charge in [-0.1, -0.05) is 31.9 Å². The van der Waals surface area contributed by atoms with Crippen molar-refractivity contribution in [2.75, 3.05) is 6.54 Å². The van der Waals surface area contributed by atoms with E-state index in [-0.39, 0.29) is 23.7 Å². The van der Waals surface area contributed by atoms with Gasteiger partial charge in [-0.05, 0) is 24.7 Å². The Morgan fingerprint density at radius 2 is 1.89 bits per heavy atom. The molecular formula is C14H21NO3. The highest BCUT2D eigenvalue weighted by atomic mass is 16.4. The second-order valence-corrected chi connectivity index (χ2v) is 5.34. The molecule has 2 rings (SSSR count). The number of nitrogens with one attached hydrogen (secondary N) is 1. The molecule has 0 aliphatic heterocycles. The minimum absolute atomic E-state index is 0.0545. The average molecular weight is 251 g/mol. The van der Waals surface area contributed by atoms with Crippen LogP contribution in [0.2, 0.25) is 0 Å². The molecule has 2 unspecified atom stereocenters. The van der Waals surface area contributed by atoms with Crippen LogP contribution >= 0.6 is 0 Å². The Kier molecular flexibility index (Phi) is 4.04. The van der Waals surface area contributed by atoms with Crippen molar-refractivity contribution in [2.24, 2.45) is 23.7 Å². The van der Waals surface area contributed by atoms with Gasteiger partial charge in [-0.15, -0.1) is 0 Å². The lowest BCUT2D eigenvalue weighted by molar-refractivity contribution is -0.147. The van der Waals surface area contributed by atoms with E-state index in [1.807, 2.05) is 12.2 Å². The second kappa shape index (κ2) is 5.55. The van der Waals surface area contributed by atoms with Crippen molar-refractivity contribution < 1.29 is 14.7 Å². The summed E-state index contributed by atoms with van der Waals surface area (Å²) in [5.74, 6) is -1.61. The third-order valence-corrected chi connectivity index (χ3v) is 4.13. The van der Waals surface area contributed by atoms with Gasteiger partial charge in [-0.2, -0.15) is 0 Å². The third kappa shape index (κ3) is 2.42. The molecule has 1 saturated carbocycles. The lowest BCUT2D eigenvalue weighted by Crippen LogP contribution is -2.40. The van der Waals surface area contributed by atoms with Gasteiger partial charge in [0.05, 0.1) is 11.8 Å². The first-order valence-electron chi connectivity index (χ1n) is 6.84. The molecule has 2 bridgehead atoms. The minimum atomic E-state index is -0.833. The molecule has 0 radical (unpaired) electrons. The van der Waals surface area contributed by atoms with E-state index in [1.54, 1.807) is 0 Å². The molecule has 0 heterocycles. The Labute approximate surface area is 107 Å². The van der Waals surface area contributed by atoms with E-state index in [4.69, 9.17) is 0 Å². The van der Waals surface area contributed by atoms with E-state index in [0.29, 0.717) is 6.54 Å². The van der Waals surface area contributed by atoms with Gasteiger partial charge in [0.2, 0.25) is 5.91 Å². The van der Waals surface area contributed by atoms with E-state index in [0.717, 1.165) is 25.7 Å². The van der Waals surface area contributed by atoms with Gasteiger partial charge >= 0.3 is 5.97 Å². The molecule has 2 aliphatic carbocycles. The van der Waals surface area contributed by atoms with Crippen molar-refractivity contribution >= 4 is 11.9 Å². The molecule has 0 aromatic heterocycles. The van der Waals surface area contributed by atoms with Gasteiger partial charge < -0.3 is 10.4 Å². The summed E-state index contributed by atoms with van der Waals surface area (Å²) >= 11 is 0. The molecule has 1 amide bonds. The van der Waals surface area contributed by atoms with Gasteiger partial charge in [0.15, 0.2) is 0 Å². The van der Waals surface area contributed by atoms with Crippen LogP contribution in [-0.2, 0) is 9.59 Å². The SMILES string of the molecule is CCCCCNC(=O)[C@H]1C2C=CC(C2)[C@H]1C(=O)O. The molecule has 1 fully saturated rings. The fourth-order valence-corrected chi connectivity index (χ4v) is 3.22. The Morgan fingerprint density at radius 1 is 1.22 bits per heavy atom. The topological polar surface area (TPSA) is 66.4 Å². The Bertz CT molecular complexity index is 364. The van der Waals surface area contributed by atoms with Crippen molar-refractivity contribution in [2.45, 2.75) is 32.6 Å². The van der Waals surface area contributed by atoms with Crippen molar-refractivity contribution in [3.63, 3.8) is 0 Å². The average Bonchev–Trinajstić information content (AvgIpc) is 2.94. The summed E-state index contributed by atoms with van der Waals surface area (Å²) in [7, 11) is 0. The first kappa shape index (κ1) is 13.1. The van der Waals surface area contributed by atoms with Crippen LogP contribution < -0.4 is 5.32 Å². The van der Waals surface area contributed by atoms with Gasteiger partial charge in [-0.25, -0.2) is 0 Å². The smallest absolute Gasteiger partial charge is 0.307 e. The number of hydrogen-bond acceptors (Lipinski definition) is 2. The summed E-state index contributed by atoms with van der Waals surface area (Å²) in [4.78, 5) is 23.4. The summed E-state index contributed by atoms with van der Waals surface area (Å²) in [6.07, 6.45) is 7.98. The molecule has 2 N–H and O–H groups in total. The molecule has 18 heavy (non-hydrogen) atoms. The predicted molar refractivity (Wildman–Crippen MR) is 67.9 cm³/mol. The van der Waals surface area contributed by atoms with Crippen LogP contribution in [-0.4, -0.2) is 23.5 Å². The number of fused-ring (bicyclic) bond motifs is 2. The fraction of sp³-hybridized carbons (Fsp3) is 0.714. The van der Waals surface area contributed by atoms with Crippen molar-refractivity contribution in [1.82, 2.24) is 5.32 Å². The van der Waals surface area contributed by atoms with Crippen molar-refractivity contribution in [3.8, 4) is 0 Å². The zero-order chi connectivity index (χ0) is 13.1. The Morgan fingerprint density at radius 3 is 2.50 bits per heavy atom. The van der Waals surface area contributed by atoms with Crippen LogP contribution in [0.4, 0.5) is 0 Å². The number of carboxylic acids is 1. The lowest BCUT2D eigenvalue weighted by atomic mass is 9.82. The molecule has 4 nitrogen and oxygen atoms in total. The van der Waals surface area contributed by atoms with Crippen LogP contribution in [0.15, 0.2) is 12.2 Å². The summed E-state index contributed by atoms with van der Waals surface area (Å²) < 4.78 is 0. The summed E-state index contributed by atoms with van der Waals surface area (Å²) in [5.41, 5.74) is 0. The van der Waals surface area contributed by atoms with E-state index < -0.39 is 11.9 Å². The monoisotopic (exact) mass is 251 g/mol. The predicted octanol–water partition coefficient (Wildman–Crippen LogP) is 1.82. The summed E-state index contributed by atoms with van der Waals surface area (Å²) in [5, 5.41) is 12.1. The maximum atomic E-state index is 12.1. The van der Waals surface area contributed by atoms with Crippen LogP contribution in [0.1, 0.15) is 32.6 Å². The molecule has 0 aromatic carbocycles. The number of aliphatic carboxylic acids is 1. The van der Waals surface area contributed by atoms with Crippen LogP contribution in [0, 0.1) is 23.7 Å². The van der Waals surface area contributed by atoms with E-state index in [1.165, 1.54) is 0 Å².